The SMILES string of the molecule is CCN(CC)C(=O)c1ccc(C(c2cccc(C)c2)N2CCNCC2)cc1. The van der Waals surface area contributed by atoms with Gasteiger partial charge in [0.15, 0.2) is 0 Å². The van der Waals surface area contributed by atoms with Crippen LogP contribution in [0.3, 0.4) is 0 Å². The Labute approximate surface area is 163 Å². The van der Waals surface area contributed by atoms with E-state index in [-0.39, 0.29) is 11.9 Å². The van der Waals surface area contributed by atoms with E-state index in [9.17, 15) is 4.79 Å². The molecule has 1 aliphatic rings. The first-order valence-electron chi connectivity index (χ1n) is 10.0. The van der Waals surface area contributed by atoms with Crippen LogP contribution in [0.2, 0.25) is 0 Å². The molecule has 0 spiro atoms. The van der Waals surface area contributed by atoms with Crippen molar-refractivity contribution < 1.29 is 4.79 Å². The van der Waals surface area contributed by atoms with E-state index in [1.54, 1.807) is 0 Å². The van der Waals surface area contributed by atoms with E-state index in [2.05, 4.69) is 53.5 Å². The molecule has 2 aromatic carbocycles. The van der Waals surface area contributed by atoms with Gasteiger partial charge in [0.2, 0.25) is 0 Å². The second kappa shape index (κ2) is 9.16. The van der Waals surface area contributed by atoms with Gasteiger partial charge in [0.05, 0.1) is 6.04 Å². The fraction of sp³-hybridized carbons (Fsp3) is 0.435. The third kappa shape index (κ3) is 4.57. The van der Waals surface area contributed by atoms with Gasteiger partial charge in [0.1, 0.15) is 0 Å². The summed E-state index contributed by atoms with van der Waals surface area (Å²) >= 11 is 0. The normalized spacial score (nSPS) is 16.1. The van der Waals surface area contributed by atoms with Crippen LogP contribution in [-0.4, -0.2) is 55.0 Å². The van der Waals surface area contributed by atoms with Gasteiger partial charge in [0, 0.05) is 44.8 Å². The van der Waals surface area contributed by atoms with Gasteiger partial charge in [-0.25, -0.2) is 0 Å². The Morgan fingerprint density at radius 1 is 1.04 bits per heavy atom. The van der Waals surface area contributed by atoms with Gasteiger partial charge in [-0.15, -0.1) is 0 Å². The number of carbonyl (C=O) groups excluding carboxylic acids is 1. The molecule has 4 nitrogen and oxygen atoms in total. The van der Waals surface area contributed by atoms with Crippen molar-refractivity contribution in [3.05, 3.63) is 70.8 Å². The van der Waals surface area contributed by atoms with Crippen molar-refractivity contribution in [2.45, 2.75) is 26.8 Å². The summed E-state index contributed by atoms with van der Waals surface area (Å²) in [4.78, 5) is 17.0. The van der Waals surface area contributed by atoms with E-state index in [1.807, 2.05) is 30.9 Å². The van der Waals surface area contributed by atoms with Gasteiger partial charge in [-0.2, -0.15) is 0 Å². The summed E-state index contributed by atoms with van der Waals surface area (Å²) < 4.78 is 0. The van der Waals surface area contributed by atoms with Crippen molar-refractivity contribution in [1.29, 1.82) is 0 Å². The van der Waals surface area contributed by atoms with Crippen LogP contribution in [0, 0.1) is 6.92 Å². The summed E-state index contributed by atoms with van der Waals surface area (Å²) in [6, 6.07) is 17.2. The third-order valence-electron chi connectivity index (χ3n) is 5.40. The lowest BCUT2D eigenvalue weighted by Gasteiger charge is -2.35. The van der Waals surface area contributed by atoms with Crippen molar-refractivity contribution in [2.24, 2.45) is 0 Å². The van der Waals surface area contributed by atoms with Gasteiger partial charge in [-0.05, 0) is 44.0 Å². The standard InChI is InChI=1S/C23H31N3O/c1-4-25(5-2)23(27)20-11-9-19(10-12-20)22(26-15-13-24-14-16-26)21-8-6-7-18(3)17-21/h6-12,17,22,24H,4-5,13-16H2,1-3H3. The van der Waals surface area contributed by atoms with Gasteiger partial charge in [-0.3, -0.25) is 9.69 Å². The molecule has 1 atom stereocenters. The molecule has 1 aliphatic heterocycles. The topological polar surface area (TPSA) is 35.6 Å². The van der Waals surface area contributed by atoms with E-state index in [0.29, 0.717) is 0 Å². The Morgan fingerprint density at radius 2 is 1.70 bits per heavy atom. The Morgan fingerprint density at radius 3 is 2.30 bits per heavy atom. The quantitative estimate of drug-likeness (QED) is 0.851. The molecule has 0 bridgehead atoms. The molecule has 144 valence electrons. The first kappa shape index (κ1) is 19.6. The van der Waals surface area contributed by atoms with Crippen molar-refractivity contribution in [1.82, 2.24) is 15.1 Å². The van der Waals surface area contributed by atoms with Gasteiger partial charge < -0.3 is 10.2 Å². The summed E-state index contributed by atoms with van der Waals surface area (Å²) in [5, 5.41) is 3.44. The zero-order valence-corrected chi connectivity index (χ0v) is 16.7. The Bertz CT molecular complexity index is 746. The van der Waals surface area contributed by atoms with Gasteiger partial charge >= 0.3 is 0 Å². The first-order chi connectivity index (χ1) is 13.1. The molecule has 1 fully saturated rings. The molecule has 0 radical (unpaired) electrons. The van der Waals surface area contributed by atoms with E-state index in [1.165, 1.54) is 16.7 Å². The smallest absolute Gasteiger partial charge is 0.253 e. The van der Waals surface area contributed by atoms with Crippen LogP contribution in [0.4, 0.5) is 0 Å². The minimum Gasteiger partial charge on any atom is -0.339 e. The average molecular weight is 366 g/mol. The van der Waals surface area contributed by atoms with Crippen LogP contribution < -0.4 is 5.32 Å². The number of nitrogens with one attached hydrogen (secondary N) is 1. The number of rotatable bonds is 6. The van der Waals surface area contributed by atoms with Gasteiger partial charge in [-0.1, -0.05) is 42.0 Å². The lowest BCUT2D eigenvalue weighted by atomic mass is 9.94. The highest BCUT2D eigenvalue weighted by atomic mass is 16.2. The molecule has 3 rings (SSSR count). The zero-order valence-electron chi connectivity index (χ0n) is 16.7. The summed E-state index contributed by atoms with van der Waals surface area (Å²) in [5.74, 6) is 0.112. The van der Waals surface area contributed by atoms with Crippen LogP contribution in [0.5, 0.6) is 0 Å². The highest BCUT2D eigenvalue weighted by molar-refractivity contribution is 5.94. The van der Waals surface area contributed by atoms with Crippen molar-refractivity contribution in [3.8, 4) is 0 Å². The van der Waals surface area contributed by atoms with Crippen molar-refractivity contribution in [3.63, 3.8) is 0 Å². The molecular formula is C23H31N3O. The zero-order chi connectivity index (χ0) is 19.2. The molecule has 1 unspecified atom stereocenters. The molecule has 1 amide bonds. The third-order valence-corrected chi connectivity index (χ3v) is 5.40. The molecule has 1 saturated heterocycles. The molecule has 0 aliphatic carbocycles. The number of benzene rings is 2. The number of amides is 1. The minimum atomic E-state index is 0.112. The monoisotopic (exact) mass is 365 g/mol. The fourth-order valence-electron chi connectivity index (χ4n) is 3.90. The number of hydrogen-bond donors (Lipinski definition) is 1. The molecule has 0 aromatic heterocycles. The Balaban J connectivity index is 1.91. The molecule has 2 aromatic rings. The second-order valence-electron chi connectivity index (χ2n) is 7.20. The largest absolute Gasteiger partial charge is 0.339 e. The summed E-state index contributed by atoms with van der Waals surface area (Å²) in [7, 11) is 0. The fourth-order valence-corrected chi connectivity index (χ4v) is 3.90. The van der Waals surface area contributed by atoms with E-state index in [4.69, 9.17) is 0 Å². The molecule has 4 heteroatoms. The van der Waals surface area contributed by atoms with Crippen LogP contribution in [0.15, 0.2) is 48.5 Å². The molecule has 0 saturated carbocycles. The predicted molar refractivity (Wildman–Crippen MR) is 111 cm³/mol. The van der Waals surface area contributed by atoms with E-state index < -0.39 is 0 Å². The molecular weight excluding hydrogens is 334 g/mol. The number of hydrogen-bond acceptors (Lipinski definition) is 3. The van der Waals surface area contributed by atoms with Crippen LogP contribution in [0.25, 0.3) is 0 Å². The highest BCUT2D eigenvalue weighted by Gasteiger charge is 2.24. The van der Waals surface area contributed by atoms with Crippen molar-refractivity contribution >= 4 is 5.91 Å². The molecule has 1 N–H and O–H groups in total. The number of nitrogens with zero attached hydrogens (tertiary/aromatic N) is 2. The lowest BCUT2D eigenvalue weighted by molar-refractivity contribution is 0.0773. The van der Waals surface area contributed by atoms with Crippen LogP contribution >= 0.6 is 0 Å². The average Bonchev–Trinajstić information content (AvgIpc) is 2.70. The van der Waals surface area contributed by atoms with E-state index in [0.717, 1.165) is 44.8 Å². The second-order valence-corrected chi connectivity index (χ2v) is 7.20. The Kier molecular flexibility index (Phi) is 6.64. The minimum absolute atomic E-state index is 0.112. The van der Waals surface area contributed by atoms with Crippen molar-refractivity contribution in [2.75, 3.05) is 39.3 Å². The maximum Gasteiger partial charge on any atom is 0.253 e. The number of aryl methyl sites for hydroxylation is 1. The Hall–Kier alpha value is -2.17. The van der Waals surface area contributed by atoms with E-state index >= 15 is 0 Å². The lowest BCUT2D eigenvalue weighted by Crippen LogP contribution is -2.45. The summed E-state index contributed by atoms with van der Waals surface area (Å²) in [6.45, 7) is 11.7. The molecule has 1 heterocycles. The number of carbonyl (C=O) groups is 1. The predicted octanol–water partition coefficient (Wildman–Crippen LogP) is 3.47. The summed E-state index contributed by atoms with van der Waals surface area (Å²) in [6.07, 6.45) is 0. The first-order valence-corrected chi connectivity index (χ1v) is 10.0. The maximum absolute atomic E-state index is 12.6. The van der Waals surface area contributed by atoms with Gasteiger partial charge in [0.25, 0.3) is 5.91 Å². The van der Waals surface area contributed by atoms with Crippen LogP contribution in [-0.2, 0) is 0 Å². The number of piperazine rings is 1. The van der Waals surface area contributed by atoms with Crippen LogP contribution in [0.1, 0.15) is 46.9 Å². The summed E-state index contributed by atoms with van der Waals surface area (Å²) in [5.41, 5.74) is 4.62. The highest BCUT2D eigenvalue weighted by Crippen LogP contribution is 2.30. The maximum atomic E-state index is 12.6. The molecule has 27 heavy (non-hydrogen) atoms.